The number of carboxylic acids is 2. The molecule has 0 radical (unpaired) electrons. The maximum atomic E-state index is 11.7. The van der Waals surface area contributed by atoms with Gasteiger partial charge in [0.2, 0.25) is 0 Å². The van der Waals surface area contributed by atoms with Crippen molar-refractivity contribution < 1.29 is 24.5 Å². The summed E-state index contributed by atoms with van der Waals surface area (Å²) in [6.07, 6.45) is 1.88. The molecule has 2 aromatic heterocycles. The van der Waals surface area contributed by atoms with E-state index >= 15 is 0 Å². The maximum Gasteiger partial charge on any atom is 0.341 e. The van der Waals surface area contributed by atoms with Gasteiger partial charge in [0.15, 0.2) is 6.61 Å². The molecule has 4 rings (SSSR count). The van der Waals surface area contributed by atoms with Crippen molar-refractivity contribution in [2.75, 3.05) is 11.9 Å². The molecule has 3 N–H and O–H groups in total. The van der Waals surface area contributed by atoms with E-state index in [1.54, 1.807) is 6.07 Å². The topological polar surface area (TPSA) is 113 Å². The van der Waals surface area contributed by atoms with Crippen molar-refractivity contribution in [1.29, 1.82) is 0 Å². The Labute approximate surface area is 177 Å². The van der Waals surface area contributed by atoms with Gasteiger partial charge in [0.25, 0.3) is 0 Å². The number of aromatic carboxylic acids is 1. The van der Waals surface area contributed by atoms with Gasteiger partial charge in [0.1, 0.15) is 28.5 Å². The van der Waals surface area contributed by atoms with Crippen LogP contribution in [0.25, 0.3) is 16.9 Å². The average molecular weight is 417 g/mol. The standard InChI is InChI=1S/C23H19N3O5/c27-20(28)14-31-18-10-9-16(12-17(18)23(29)30)21-22(24-13-15-6-2-1-3-7-15)26-11-5-4-8-19(26)25-21/h1-12,24H,13-14H2,(H,27,28)(H,29,30). The lowest BCUT2D eigenvalue weighted by atomic mass is 10.1. The second-order valence-electron chi connectivity index (χ2n) is 6.78. The molecule has 0 atom stereocenters. The summed E-state index contributed by atoms with van der Waals surface area (Å²) in [5, 5.41) is 21.8. The van der Waals surface area contributed by atoms with Crippen LogP contribution in [-0.4, -0.2) is 38.1 Å². The lowest BCUT2D eigenvalue weighted by molar-refractivity contribution is -0.139. The summed E-state index contributed by atoms with van der Waals surface area (Å²) >= 11 is 0. The number of benzene rings is 2. The van der Waals surface area contributed by atoms with E-state index in [2.05, 4.69) is 10.3 Å². The Bertz CT molecular complexity index is 1250. The number of rotatable bonds is 8. The third kappa shape index (κ3) is 4.32. The van der Waals surface area contributed by atoms with Gasteiger partial charge in [-0.15, -0.1) is 0 Å². The molecule has 156 valence electrons. The Balaban J connectivity index is 1.75. The normalized spacial score (nSPS) is 10.7. The Morgan fingerprint density at radius 3 is 2.52 bits per heavy atom. The second kappa shape index (κ2) is 8.58. The molecule has 0 spiro atoms. The molecule has 0 amide bonds. The first-order valence-corrected chi connectivity index (χ1v) is 9.50. The van der Waals surface area contributed by atoms with Crippen molar-refractivity contribution in [1.82, 2.24) is 9.38 Å². The first kappa shape index (κ1) is 20.0. The van der Waals surface area contributed by atoms with E-state index in [0.717, 1.165) is 11.4 Å². The lowest BCUT2D eigenvalue weighted by Gasteiger charge is -2.11. The minimum atomic E-state index is -1.22. The number of aromatic nitrogens is 2. The van der Waals surface area contributed by atoms with Crippen LogP contribution in [0.1, 0.15) is 15.9 Å². The van der Waals surface area contributed by atoms with Crippen molar-refractivity contribution in [3.05, 3.63) is 84.1 Å². The van der Waals surface area contributed by atoms with E-state index in [-0.39, 0.29) is 11.3 Å². The molecule has 0 saturated carbocycles. The highest BCUT2D eigenvalue weighted by Crippen LogP contribution is 2.32. The zero-order valence-electron chi connectivity index (χ0n) is 16.4. The number of hydrogen-bond donors (Lipinski definition) is 3. The predicted octanol–water partition coefficient (Wildman–Crippen LogP) is 3.78. The average Bonchev–Trinajstić information content (AvgIpc) is 3.15. The van der Waals surface area contributed by atoms with E-state index in [1.165, 1.54) is 12.1 Å². The largest absolute Gasteiger partial charge is 0.481 e. The highest BCUT2D eigenvalue weighted by atomic mass is 16.5. The summed E-state index contributed by atoms with van der Waals surface area (Å²) in [5.74, 6) is -1.70. The van der Waals surface area contributed by atoms with Gasteiger partial charge in [-0.1, -0.05) is 36.4 Å². The highest BCUT2D eigenvalue weighted by Gasteiger charge is 2.19. The molecule has 0 unspecified atom stereocenters. The number of imidazole rings is 1. The maximum absolute atomic E-state index is 11.7. The van der Waals surface area contributed by atoms with Crippen molar-refractivity contribution in [3.63, 3.8) is 0 Å². The quantitative estimate of drug-likeness (QED) is 0.400. The van der Waals surface area contributed by atoms with E-state index in [0.29, 0.717) is 23.4 Å². The summed E-state index contributed by atoms with van der Waals surface area (Å²) < 4.78 is 7.02. The fourth-order valence-electron chi connectivity index (χ4n) is 3.26. The summed E-state index contributed by atoms with van der Waals surface area (Å²) in [5.41, 5.74) is 2.80. The summed E-state index contributed by atoms with van der Waals surface area (Å²) in [6, 6.07) is 20.1. The number of carbonyl (C=O) groups is 2. The molecular formula is C23H19N3O5. The molecule has 0 bridgehead atoms. The molecule has 0 aliphatic rings. The van der Waals surface area contributed by atoms with E-state index in [9.17, 15) is 14.7 Å². The van der Waals surface area contributed by atoms with Gasteiger partial charge in [0, 0.05) is 18.3 Å². The molecule has 2 aromatic carbocycles. The third-order valence-electron chi connectivity index (χ3n) is 4.67. The summed E-state index contributed by atoms with van der Waals surface area (Å²) in [7, 11) is 0. The highest BCUT2D eigenvalue weighted by molar-refractivity contribution is 5.93. The Morgan fingerprint density at radius 1 is 1.00 bits per heavy atom. The molecule has 8 heteroatoms. The van der Waals surface area contributed by atoms with Crippen LogP contribution in [0.5, 0.6) is 5.75 Å². The van der Waals surface area contributed by atoms with Gasteiger partial charge in [-0.25, -0.2) is 14.6 Å². The van der Waals surface area contributed by atoms with Crippen LogP contribution in [-0.2, 0) is 11.3 Å². The number of fused-ring (bicyclic) bond motifs is 1. The number of nitrogens with one attached hydrogen (secondary N) is 1. The molecule has 0 aliphatic heterocycles. The molecule has 0 aliphatic carbocycles. The van der Waals surface area contributed by atoms with Crippen LogP contribution in [0.2, 0.25) is 0 Å². The first-order chi connectivity index (χ1) is 15.0. The van der Waals surface area contributed by atoms with Crippen LogP contribution >= 0.6 is 0 Å². The Morgan fingerprint density at radius 2 is 1.77 bits per heavy atom. The molecule has 2 heterocycles. The number of carboxylic acid groups (broad SMARTS) is 2. The second-order valence-corrected chi connectivity index (χ2v) is 6.78. The molecule has 8 nitrogen and oxygen atoms in total. The van der Waals surface area contributed by atoms with Crippen molar-refractivity contribution >= 4 is 23.4 Å². The number of aliphatic carboxylic acids is 1. The Hall–Kier alpha value is -4.33. The van der Waals surface area contributed by atoms with Crippen LogP contribution in [0.3, 0.4) is 0 Å². The number of ether oxygens (including phenoxy) is 1. The fraction of sp³-hybridized carbons (Fsp3) is 0.0870. The van der Waals surface area contributed by atoms with Gasteiger partial charge < -0.3 is 20.3 Å². The molecule has 31 heavy (non-hydrogen) atoms. The monoisotopic (exact) mass is 417 g/mol. The number of nitrogens with zero attached hydrogens (tertiary/aromatic N) is 2. The SMILES string of the molecule is O=C(O)COc1ccc(-c2nc3ccccn3c2NCc2ccccc2)cc1C(=O)O. The Kier molecular flexibility index (Phi) is 5.53. The van der Waals surface area contributed by atoms with E-state index in [4.69, 9.17) is 9.84 Å². The summed E-state index contributed by atoms with van der Waals surface area (Å²) in [4.78, 5) is 27.2. The number of pyridine rings is 1. The van der Waals surface area contributed by atoms with E-state index < -0.39 is 18.5 Å². The zero-order chi connectivity index (χ0) is 21.8. The van der Waals surface area contributed by atoms with Crippen molar-refractivity contribution in [3.8, 4) is 17.0 Å². The zero-order valence-corrected chi connectivity index (χ0v) is 16.4. The smallest absolute Gasteiger partial charge is 0.341 e. The van der Waals surface area contributed by atoms with Crippen molar-refractivity contribution in [2.45, 2.75) is 6.54 Å². The number of anilines is 1. The minimum absolute atomic E-state index is 0.0128. The molecular weight excluding hydrogens is 398 g/mol. The minimum Gasteiger partial charge on any atom is -0.481 e. The fourth-order valence-corrected chi connectivity index (χ4v) is 3.26. The van der Waals surface area contributed by atoms with Crippen LogP contribution in [0, 0.1) is 0 Å². The predicted molar refractivity (Wildman–Crippen MR) is 114 cm³/mol. The van der Waals surface area contributed by atoms with Gasteiger partial charge in [-0.2, -0.15) is 0 Å². The van der Waals surface area contributed by atoms with Gasteiger partial charge >= 0.3 is 11.9 Å². The third-order valence-corrected chi connectivity index (χ3v) is 4.67. The summed E-state index contributed by atoms with van der Waals surface area (Å²) in [6.45, 7) is -0.0695. The van der Waals surface area contributed by atoms with E-state index in [1.807, 2.05) is 59.1 Å². The van der Waals surface area contributed by atoms with Gasteiger partial charge in [-0.3, -0.25) is 4.40 Å². The van der Waals surface area contributed by atoms with Gasteiger partial charge in [-0.05, 0) is 35.9 Å². The van der Waals surface area contributed by atoms with Crippen molar-refractivity contribution in [2.24, 2.45) is 0 Å². The van der Waals surface area contributed by atoms with Crippen LogP contribution in [0.4, 0.5) is 5.82 Å². The number of hydrogen-bond acceptors (Lipinski definition) is 5. The molecule has 0 saturated heterocycles. The van der Waals surface area contributed by atoms with Gasteiger partial charge in [0.05, 0.1) is 0 Å². The first-order valence-electron chi connectivity index (χ1n) is 9.50. The van der Waals surface area contributed by atoms with Crippen LogP contribution in [0.15, 0.2) is 72.9 Å². The molecule has 0 fully saturated rings. The molecule has 4 aromatic rings. The lowest BCUT2D eigenvalue weighted by Crippen LogP contribution is -2.12. The van der Waals surface area contributed by atoms with Crippen LogP contribution < -0.4 is 10.1 Å².